The van der Waals surface area contributed by atoms with Gasteiger partial charge in [0.1, 0.15) is 5.78 Å². The topological polar surface area (TPSA) is 17.1 Å². The second kappa shape index (κ2) is 5.53. The Morgan fingerprint density at radius 3 is 2.58 bits per heavy atom. The van der Waals surface area contributed by atoms with E-state index in [-0.39, 0.29) is 5.25 Å². The van der Waals surface area contributed by atoms with Crippen molar-refractivity contribution in [3.63, 3.8) is 0 Å². The maximum Gasteiger partial charge on any atom is 0.150 e. The number of carbonyl (C=O) groups is 1. The van der Waals surface area contributed by atoms with Crippen molar-refractivity contribution in [1.29, 1.82) is 0 Å². The lowest BCUT2D eigenvalue weighted by Gasteiger charge is -2.30. The molecule has 1 aromatic rings. The lowest BCUT2D eigenvalue weighted by atomic mass is 10.1. The normalized spacial score (nSPS) is 37.9. The third-order valence-electron chi connectivity index (χ3n) is 4.25. The largest absolute Gasteiger partial charge is 0.298 e. The van der Waals surface area contributed by atoms with E-state index in [0.717, 1.165) is 12.2 Å². The summed E-state index contributed by atoms with van der Waals surface area (Å²) in [6.45, 7) is 4.52. The van der Waals surface area contributed by atoms with Gasteiger partial charge in [-0.1, -0.05) is 44.2 Å². The van der Waals surface area contributed by atoms with Crippen molar-refractivity contribution in [2.24, 2.45) is 5.92 Å². The van der Waals surface area contributed by atoms with E-state index in [0.29, 0.717) is 28.1 Å². The van der Waals surface area contributed by atoms with Crippen LogP contribution in [0.2, 0.25) is 0 Å². The number of benzene rings is 1. The molecule has 1 nitrogen and oxygen atoms in total. The summed E-state index contributed by atoms with van der Waals surface area (Å²) in [5.74, 6) is 2.30. The number of carbonyl (C=O) groups excluding carboxylic acids is 1. The van der Waals surface area contributed by atoms with Gasteiger partial charge in [-0.25, -0.2) is 0 Å². The van der Waals surface area contributed by atoms with E-state index in [1.54, 1.807) is 0 Å². The molecule has 5 unspecified atom stereocenters. The van der Waals surface area contributed by atoms with Crippen molar-refractivity contribution in [3.8, 4) is 0 Å². The van der Waals surface area contributed by atoms with Crippen molar-refractivity contribution in [2.75, 3.05) is 5.75 Å². The van der Waals surface area contributed by atoms with Crippen molar-refractivity contribution >= 4 is 29.3 Å². The molecule has 0 radical (unpaired) electrons. The van der Waals surface area contributed by atoms with E-state index in [4.69, 9.17) is 0 Å². The van der Waals surface area contributed by atoms with Gasteiger partial charge in [0.15, 0.2) is 0 Å². The highest BCUT2D eigenvalue weighted by Crippen LogP contribution is 2.50. The molecule has 0 aromatic heterocycles. The SMILES string of the molecule is CC1SCC(C(=O)C2CC2c2ccccc2)SC1C. The number of rotatable bonds is 3. The second-order valence-corrected chi connectivity index (χ2v) is 8.63. The molecule has 1 heterocycles. The van der Waals surface area contributed by atoms with Crippen LogP contribution in [-0.4, -0.2) is 27.3 Å². The highest BCUT2D eigenvalue weighted by molar-refractivity contribution is 8.08. The van der Waals surface area contributed by atoms with E-state index in [1.165, 1.54) is 5.56 Å². The Bertz CT molecular complexity index is 459. The van der Waals surface area contributed by atoms with Gasteiger partial charge >= 0.3 is 0 Å². The third kappa shape index (κ3) is 2.87. The van der Waals surface area contributed by atoms with Crippen LogP contribution in [0.25, 0.3) is 0 Å². The minimum absolute atomic E-state index is 0.231. The van der Waals surface area contributed by atoms with E-state index in [1.807, 2.05) is 29.6 Å². The molecule has 1 saturated carbocycles. The highest BCUT2D eigenvalue weighted by atomic mass is 32.2. The maximum absolute atomic E-state index is 12.6. The molecule has 2 fully saturated rings. The summed E-state index contributed by atoms with van der Waals surface area (Å²) in [5, 5.41) is 1.51. The summed E-state index contributed by atoms with van der Waals surface area (Å²) in [7, 11) is 0. The molecule has 1 aliphatic heterocycles. The highest BCUT2D eigenvalue weighted by Gasteiger charge is 2.47. The van der Waals surface area contributed by atoms with Crippen molar-refractivity contribution in [3.05, 3.63) is 35.9 Å². The van der Waals surface area contributed by atoms with Gasteiger partial charge in [-0.15, -0.1) is 11.8 Å². The van der Waals surface area contributed by atoms with Gasteiger partial charge in [-0.2, -0.15) is 11.8 Å². The number of ketones is 1. The van der Waals surface area contributed by atoms with E-state index in [2.05, 4.69) is 38.1 Å². The molecule has 1 aromatic carbocycles. The minimum atomic E-state index is 0.231. The van der Waals surface area contributed by atoms with Crippen molar-refractivity contribution < 1.29 is 4.79 Å². The van der Waals surface area contributed by atoms with Crippen LogP contribution in [0.15, 0.2) is 30.3 Å². The number of hydrogen-bond donors (Lipinski definition) is 0. The molecule has 2 aliphatic rings. The molecular formula is C16H20OS2. The summed E-state index contributed by atoms with van der Waals surface area (Å²) in [6, 6.07) is 10.5. The van der Waals surface area contributed by atoms with Crippen LogP contribution >= 0.6 is 23.5 Å². The van der Waals surface area contributed by atoms with Gasteiger partial charge in [0.25, 0.3) is 0 Å². The number of hydrogen-bond acceptors (Lipinski definition) is 3. The van der Waals surface area contributed by atoms with Crippen molar-refractivity contribution in [1.82, 2.24) is 0 Å². The standard InChI is InChI=1S/C16H20OS2/c1-10-11(2)19-15(9-18-10)16(17)14-8-13(14)12-6-4-3-5-7-12/h3-7,10-11,13-15H,8-9H2,1-2H3. The summed E-state index contributed by atoms with van der Waals surface area (Å²) < 4.78 is 0. The summed E-state index contributed by atoms with van der Waals surface area (Å²) in [6.07, 6.45) is 1.06. The van der Waals surface area contributed by atoms with Crippen LogP contribution in [0.5, 0.6) is 0 Å². The average Bonchev–Trinajstić information content (AvgIpc) is 3.22. The molecule has 3 heteroatoms. The fourth-order valence-electron chi connectivity index (χ4n) is 2.75. The smallest absolute Gasteiger partial charge is 0.150 e. The molecule has 0 bridgehead atoms. The van der Waals surface area contributed by atoms with E-state index >= 15 is 0 Å². The molecule has 102 valence electrons. The Kier molecular flexibility index (Phi) is 3.95. The predicted molar refractivity (Wildman–Crippen MR) is 85.1 cm³/mol. The van der Waals surface area contributed by atoms with Gasteiger partial charge in [-0.3, -0.25) is 4.79 Å². The van der Waals surface area contributed by atoms with Gasteiger partial charge in [0.05, 0.1) is 5.25 Å². The Morgan fingerprint density at radius 2 is 1.89 bits per heavy atom. The first-order valence-corrected chi connectivity index (χ1v) is 9.01. The van der Waals surface area contributed by atoms with Crippen LogP contribution in [0.1, 0.15) is 31.7 Å². The van der Waals surface area contributed by atoms with Crippen molar-refractivity contribution in [2.45, 2.75) is 41.9 Å². The zero-order chi connectivity index (χ0) is 13.4. The first kappa shape index (κ1) is 13.6. The summed E-state index contributed by atoms with van der Waals surface area (Å²) in [5.41, 5.74) is 1.34. The summed E-state index contributed by atoms with van der Waals surface area (Å²) in [4.78, 5) is 12.6. The Balaban J connectivity index is 1.61. The zero-order valence-electron chi connectivity index (χ0n) is 11.4. The molecule has 1 saturated heterocycles. The zero-order valence-corrected chi connectivity index (χ0v) is 13.0. The third-order valence-corrected chi connectivity index (χ3v) is 7.66. The molecule has 5 atom stereocenters. The van der Waals surface area contributed by atoms with E-state index in [9.17, 15) is 4.79 Å². The Labute approximate surface area is 123 Å². The Morgan fingerprint density at radius 1 is 1.16 bits per heavy atom. The van der Waals surface area contributed by atoms with Gasteiger partial charge in [0, 0.05) is 22.2 Å². The minimum Gasteiger partial charge on any atom is -0.298 e. The van der Waals surface area contributed by atoms with Crippen LogP contribution in [0.3, 0.4) is 0 Å². The van der Waals surface area contributed by atoms with Gasteiger partial charge in [0.2, 0.25) is 0 Å². The molecule has 1 aliphatic carbocycles. The van der Waals surface area contributed by atoms with Crippen LogP contribution < -0.4 is 0 Å². The predicted octanol–water partition coefficient (Wildman–Crippen LogP) is 3.98. The first-order valence-electron chi connectivity index (χ1n) is 7.02. The summed E-state index contributed by atoms with van der Waals surface area (Å²) >= 11 is 3.86. The van der Waals surface area contributed by atoms with Gasteiger partial charge < -0.3 is 0 Å². The second-order valence-electron chi connectivity index (χ2n) is 5.63. The first-order chi connectivity index (χ1) is 9.16. The van der Waals surface area contributed by atoms with Gasteiger partial charge in [-0.05, 0) is 17.9 Å². The molecular weight excluding hydrogens is 272 g/mol. The maximum atomic E-state index is 12.6. The van der Waals surface area contributed by atoms with E-state index < -0.39 is 0 Å². The molecule has 0 N–H and O–H groups in total. The molecule has 0 spiro atoms. The number of thioether (sulfide) groups is 2. The molecule has 3 rings (SSSR count). The molecule has 0 amide bonds. The lowest BCUT2D eigenvalue weighted by Crippen LogP contribution is -2.32. The monoisotopic (exact) mass is 292 g/mol. The lowest BCUT2D eigenvalue weighted by molar-refractivity contribution is -0.119. The molecule has 19 heavy (non-hydrogen) atoms. The Hall–Kier alpha value is -0.410. The fraction of sp³-hybridized carbons (Fsp3) is 0.562. The van der Waals surface area contributed by atoms with Crippen LogP contribution in [0.4, 0.5) is 0 Å². The van der Waals surface area contributed by atoms with Crippen LogP contribution in [0, 0.1) is 5.92 Å². The number of Topliss-reactive ketones (excluding diaryl/α,β-unsaturated/α-hetero) is 1. The average molecular weight is 292 g/mol. The van der Waals surface area contributed by atoms with Crippen LogP contribution in [-0.2, 0) is 4.79 Å². The fourth-order valence-corrected chi connectivity index (χ4v) is 5.69. The quantitative estimate of drug-likeness (QED) is 0.838.